The minimum atomic E-state index is -2.95. The van der Waals surface area contributed by atoms with Crippen LogP contribution >= 0.6 is 0 Å². The molecule has 0 bridgehead atoms. The Balaban J connectivity index is 3.60. The zero-order valence-electron chi connectivity index (χ0n) is 22.2. The van der Waals surface area contributed by atoms with E-state index >= 15 is 0 Å². The molecule has 0 aliphatic carbocycles. The minimum absolute atomic E-state index is 0.405. The van der Waals surface area contributed by atoms with E-state index in [2.05, 4.69) is 0 Å². The van der Waals surface area contributed by atoms with Crippen molar-refractivity contribution in [3.8, 4) is 0 Å². The van der Waals surface area contributed by atoms with Crippen molar-refractivity contribution in [2.24, 2.45) is 0 Å². The highest BCUT2D eigenvalue weighted by Crippen LogP contribution is 2.40. The molecule has 0 aromatic heterocycles. The summed E-state index contributed by atoms with van der Waals surface area (Å²) in [7, 11) is -5.66. The van der Waals surface area contributed by atoms with E-state index in [-0.39, 0.29) is 0 Å². The van der Waals surface area contributed by atoms with Gasteiger partial charge in [0.15, 0.2) is 22.9 Å². The fraction of sp³-hybridized carbons (Fsp3) is 1.00. The van der Waals surface area contributed by atoms with Gasteiger partial charge in [0.1, 0.15) is 6.08 Å². The van der Waals surface area contributed by atoms with E-state index in [1.54, 1.807) is 26.2 Å². The first kappa shape index (κ1) is 13.5. The van der Waals surface area contributed by atoms with Crippen molar-refractivity contribution in [3.63, 3.8) is 0 Å². The van der Waals surface area contributed by atoms with Crippen LogP contribution in [0.25, 0.3) is 0 Å². The topological polar surface area (TPSA) is 47.9 Å². The Morgan fingerprint density at radius 2 is 1.61 bits per heavy atom. The van der Waals surface area contributed by atoms with Crippen LogP contribution in [-0.4, -0.2) is 46.8 Å². The highest BCUT2D eigenvalue weighted by atomic mass is 28.4. The third kappa shape index (κ3) is 5.37. The number of ether oxygens (including phenoxy) is 1. The maximum atomic E-state index is 10.2. The molecule has 1 rings (SSSR count). The van der Waals surface area contributed by atoms with Crippen LogP contribution < -0.4 is 0 Å². The highest BCUT2D eigenvalue weighted by molar-refractivity contribution is 6.74. The molecule has 0 aromatic rings. The number of hydrogen-bond donors (Lipinski definition) is 1. The second kappa shape index (κ2) is 6.88. The van der Waals surface area contributed by atoms with Gasteiger partial charge in [-0.05, 0) is 36.3 Å². The summed E-state index contributed by atoms with van der Waals surface area (Å²) in [5, 5.41) is 9.39. The molecule has 0 radical (unpaired) electrons. The van der Waals surface area contributed by atoms with Crippen molar-refractivity contribution >= 4 is 16.6 Å². The first-order valence-electron chi connectivity index (χ1n) is 11.1. The summed E-state index contributed by atoms with van der Waals surface area (Å²) in [6.07, 6.45) is -10.9. The largest absolute Gasteiger partial charge is 0.414 e. The standard InChI is InChI=1S/C17H38O4Si2/c1-16(2,3)22(7,8)19-12-14-13(11-15(18)20-14)21-23(9,10)17(4,5)6/h13-15,18H,11-12H2,1-10H3/t13-,14+,15?/m0/s1/i11D2,12D2,13D,14D. The lowest BCUT2D eigenvalue weighted by atomic mass is 10.2. The molecule has 1 saturated heterocycles. The van der Waals surface area contributed by atoms with Gasteiger partial charge in [-0.2, -0.15) is 0 Å². The quantitative estimate of drug-likeness (QED) is 0.726. The van der Waals surface area contributed by atoms with E-state index in [1.165, 1.54) is 0 Å². The van der Waals surface area contributed by atoms with E-state index in [0.29, 0.717) is 0 Å². The molecule has 1 heterocycles. The third-order valence-corrected chi connectivity index (χ3v) is 13.6. The molecule has 1 aliphatic heterocycles. The lowest BCUT2D eigenvalue weighted by Crippen LogP contribution is -2.48. The summed E-state index contributed by atoms with van der Waals surface area (Å²) >= 11 is 0. The SMILES string of the molecule is [2H]C1([2H])C(O)O[C@]([2H])(C([2H])([2H])O[Si](C)(C)C(C)(C)C)[C@@]1([2H])O[Si](C)(C)C(C)(C)C. The summed E-state index contributed by atoms with van der Waals surface area (Å²) in [6.45, 7) is 15.6. The zero-order valence-corrected chi connectivity index (χ0v) is 18.2. The molecule has 23 heavy (non-hydrogen) atoms. The average Bonchev–Trinajstić information content (AvgIpc) is 2.54. The van der Waals surface area contributed by atoms with Gasteiger partial charge in [-0.1, -0.05) is 41.5 Å². The first-order chi connectivity index (χ1) is 12.3. The van der Waals surface area contributed by atoms with Gasteiger partial charge in [0.25, 0.3) is 0 Å². The average molecular weight is 369 g/mol. The van der Waals surface area contributed by atoms with Gasteiger partial charge in [-0.25, -0.2) is 0 Å². The Labute approximate surface area is 153 Å². The first-order valence-corrected chi connectivity index (χ1v) is 13.9. The van der Waals surface area contributed by atoms with Gasteiger partial charge in [-0.3, -0.25) is 0 Å². The number of hydrogen-bond acceptors (Lipinski definition) is 4. The van der Waals surface area contributed by atoms with E-state index in [4.69, 9.17) is 21.8 Å². The van der Waals surface area contributed by atoms with Crippen LogP contribution in [0, 0.1) is 0 Å². The molecule has 1 fully saturated rings. The summed E-state index contributed by atoms with van der Waals surface area (Å²) in [4.78, 5) is 0. The Bertz CT molecular complexity index is 632. The Kier molecular flexibility index (Phi) is 4.03. The molecule has 0 saturated carbocycles. The van der Waals surface area contributed by atoms with Gasteiger partial charge >= 0.3 is 0 Å². The lowest BCUT2D eigenvalue weighted by Gasteiger charge is -2.40. The molecular weight excluding hydrogens is 324 g/mol. The summed E-state index contributed by atoms with van der Waals surface area (Å²) in [5.74, 6) is 0. The summed E-state index contributed by atoms with van der Waals surface area (Å²) < 4.78 is 68.3. The van der Waals surface area contributed by atoms with Crippen LogP contribution in [0.4, 0.5) is 0 Å². The van der Waals surface area contributed by atoms with Crippen LogP contribution in [0.1, 0.15) is 56.1 Å². The van der Waals surface area contributed by atoms with Gasteiger partial charge in [-0.15, -0.1) is 0 Å². The predicted octanol–water partition coefficient (Wildman–Crippen LogP) is 4.51. The maximum absolute atomic E-state index is 10.2. The van der Waals surface area contributed by atoms with E-state index in [1.807, 2.05) is 41.5 Å². The lowest BCUT2D eigenvalue weighted by molar-refractivity contribution is -0.105. The summed E-state index contributed by atoms with van der Waals surface area (Å²) in [5.41, 5.74) is 0. The molecular formula is C17H38O4Si2. The number of aliphatic hydroxyl groups is 1. The fourth-order valence-electron chi connectivity index (χ4n) is 1.25. The van der Waals surface area contributed by atoms with E-state index < -0.39 is 58.1 Å². The van der Waals surface area contributed by atoms with E-state index in [0.717, 1.165) is 0 Å². The van der Waals surface area contributed by atoms with Gasteiger partial charge in [0, 0.05) is 9.11 Å². The smallest absolute Gasteiger partial charge is 0.192 e. The van der Waals surface area contributed by atoms with E-state index in [9.17, 15) is 5.11 Å². The van der Waals surface area contributed by atoms with Crippen molar-refractivity contribution in [1.82, 2.24) is 0 Å². The van der Waals surface area contributed by atoms with Crippen LogP contribution in [0.3, 0.4) is 0 Å². The Morgan fingerprint density at radius 1 is 1.13 bits per heavy atom. The molecule has 0 amide bonds. The van der Waals surface area contributed by atoms with Crippen LogP contribution in [0.5, 0.6) is 0 Å². The fourth-order valence-corrected chi connectivity index (χ4v) is 2.88. The summed E-state index contributed by atoms with van der Waals surface area (Å²) in [6, 6.07) is 0. The van der Waals surface area contributed by atoms with Crippen LogP contribution in [0.2, 0.25) is 36.3 Å². The van der Waals surface area contributed by atoms with Crippen molar-refractivity contribution in [1.29, 1.82) is 0 Å². The van der Waals surface area contributed by atoms with Crippen molar-refractivity contribution in [3.05, 3.63) is 0 Å². The molecule has 3 atom stereocenters. The monoisotopic (exact) mass is 368 g/mol. The van der Waals surface area contributed by atoms with Crippen molar-refractivity contribution < 1.29 is 26.9 Å². The molecule has 6 heteroatoms. The molecule has 138 valence electrons. The number of aliphatic hydroxyl groups excluding tert-OH is 1. The van der Waals surface area contributed by atoms with Crippen molar-refractivity contribution in [2.45, 2.75) is 103 Å². The second-order valence-corrected chi connectivity index (χ2v) is 18.5. The normalized spacial score (nSPS) is 40.6. The Morgan fingerprint density at radius 3 is 2.04 bits per heavy atom. The van der Waals surface area contributed by atoms with Gasteiger partial charge < -0.3 is 18.7 Å². The molecule has 4 nitrogen and oxygen atoms in total. The third-order valence-electron chi connectivity index (χ3n) is 5.06. The minimum Gasteiger partial charge on any atom is -0.414 e. The molecule has 1 unspecified atom stereocenters. The predicted molar refractivity (Wildman–Crippen MR) is 101 cm³/mol. The number of rotatable bonds is 5. The van der Waals surface area contributed by atoms with Crippen molar-refractivity contribution in [2.75, 3.05) is 6.56 Å². The molecule has 0 aromatic carbocycles. The molecule has 1 N–H and O–H groups in total. The van der Waals surface area contributed by atoms with Crippen LogP contribution in [-0.2, 0) is 13.6 Å². The maximum Gasteiger partial charge on any atom is 0.192 e. The second-order valence-electron chi connectivity index (χ2n) is 9.10. The van der Waals surface area contributed by atoms with Gasteiger partial charge in [0.05, 0.1) is 18.1 Å². The zero-order chi connectivity index (χ0) is 23.7. The Hall–Kier alpha value is 0.274. The van der Waals surface area contributed by atoms with Crippen LogP contribution in [0.15, 0.2) is 0 Å². The highest BCUT2D eigenvalue weighted by Gasteiger charge is 2.45. The van der Waals surface area contributed by atoms with Gasteiger partial charge in [0.2, 0.25) is 0 Å². The molecule has 0 spiro atoms. The molecule has 1 aliphatic rings.